The first-order valence-electron chi connectivity index (χ1n) is 10.5. The molecule has 31 heavy (non-hydrogen) atoms. The molecule has 3 aromatic rings. The Labute approximate surface area is 187 Å². The van der Waals surface area contributed by atoms with Gasteiger partial charge in [0.25, 0.3) is 5.91 Å². The van der Waals surface area contributed by atoms with Crippen LogP contribution >= 0.6 is 11.3 Å². The van der Waals surface area contributed by atoms with Crippen molar-refractivity contribution in [1.82, 2.24) is 19.9 Å². The summed E-state index contributed by atoms with van der Waals surface area (Å²) in [4.78, 5) is 29.5. The third kappa shape index (κ3) is 4.74. The van der Waals surface area contributed by atoms with E-state index in [2.05, 4.69) is 27.2 Å². The average Bonchev–Trinajstić information content (AvgIpc) is 3.14. The first kappa shape index (κ1) is 21.4. The summed E-state index contributed by atoms with van der Waals surface area (Å²) in [6.07, 6.45) is 3.76. The van der Waals surface area contributed by atoms with Crippen molar-refractivity contribution in [1.29, 1.82) is 0 Å². The molecule has 0 aliphatic carbocycles. The summed E-state index contributed by atoms with van der Waals surface area (Å²) in [7, 11) is 0. The number of likely N-dealkylation sites (tertiary alicyclic amines) is 1. The lowest BCUT2D eigenvalue weighted by atomic mass is 9.90. The second-order valence-electron chi connectivity index (χ2n) is 7.97. The number of aryl methyl sites for hydroxylation is 2. The van der Waals surface area contributed by atoms with E-state index >= 15 is 0 Å². The molecular weight excluding hydrogens is 413 g/mol. The molecule has 0 radical (unpaired) electrons. The summed E-state index contributed by atoms with van der Waals surface area (Å²) >= 11 is 1.47. The van der Waals surface area contributed by atoms with Crippen LogP contribution in [0.2, 0.25) is 0 Å². The van der Waals surface area contributed by atoms with Gasteiger partial charge < -0.3 is 10.2 Å². The van der Waals surface area contributed by atoms with Gasteiger partial charge in [-0.15, -0.1) is 11.3 Å². The predicted molar refractivity (Wildman–Crippen MR) is 123 cm³/mol. The second kappa shape index (κ2) is 9.09. The van der Waals surface area contributed by atoms with Crippen LogP contribution in [0.1, 0.15) is 42.5 Å². The number of nitrogens with one attached hydrogen (secondary N) is 1. The van der Waals surface area contributed by atoms with Gasteiger partial charge in [-0.25, -0.2) is 19.3 Å². The van der Waals surface area contributed by atoms with Gasteiger partial charge in [-0.1, -0.05) is 19.1 Å². The van der Waals surface area contributed by atoms with Gasteiger partial charge in [-0.2, -0.15) is 0 Å². The highest BCUT2D eigenvalue weighted by Gasteiger charge is 2.34. The predicted octanol–water partition coefficient (Wildman–Crippen LogP) is 4.95. The standard InChI is InChI=1S/C23H26FN5OS.H2/c1-14-5-4-12-29(19(14)13-26-20-10-11-25-15(2)27-20)23(30)21-22(31-16(3)28-21)17-6-8-18(24)9-7-17;/h6-11,14,19H,4-5,12-13H2,1-3H3,(H,25,26,27);1H/t14?,19-;/m1./s1. The number of aromatic nitrogens is 3. The maximum Gasteiger partial charge on any atom is 0.274 e. The third-order valence-electron chi connectivity index (χ3n) is 5.69. The van der Waals surface area contributed by atoms with Gasteiger partial charge in [0.15, 0.2) is 0 Å². The Hall–Kier alpha value is -2.87. The molecule has 1 aliphatic rings. The van der Waals surface area contributed by atoms with Crippen molar-refractivity contribution in [3.8, 4) is 10.4 Å². The van der Waals surface area contributed by atoms with Crippen molar-refractivity contribution in [2.45, 2.75) is 39.7 Å². The fraction of sp³-hybridized carbons (Fsp3) is 0.391. The van der Waals surface area contributed by atoms with E-state index in [0.717, 1.165) is 34.1 Å². The van der Waals surface area contributed by atoms with Gasteiger partial charge in [0.2, 0.25) is 0 Å². The minimum absolute atomic E-state index is 0. The van der Waals surface area contributed by atoms with Crippen molar-refractivity contribution in [2.75, 3.05) is 18.4 Å². The Morgan fingerprint density at radius 1 is 1.26 bits per heavy atom. The third-order valence-corrected chi connectivity index (χ3v) is 6.71. The number of carbonyl (C=O) groups excluding carboxylic acids is 1. The monoisotopic (exact) mass is 441 g/mol. The van der Waals surface area contributed by atoms with Crippen molar-refractivity contribution in [3.05, 3.63) is 58.9 Å². The highest BCUT2D eigenvalue weighted by Crippen LogP contribution is 2.33. The largest absolute Gasteiger partial charge is 0.368 e. The van der Waals surface area contributed by atoms with E-state index in [-0.39, 0.29) is 19.2 Å². The molecule has 1 unspecified atom stereocenters. The summed E-state index contributed by atoms with van der Waals surface area (Å²) in [5, 5.41) is 4.19. The lowest BCUT2D eigenvalue weighted by Gasteiger charge is -2.40. The van der Waals surface area contributed by atoms with E-state index in [0.29, 0.717) is 30.5 Å². The van der Waals surface area contributed by atoms with Gasteiger partial charge >= 0.3 is 0 Å². The van der Waals surface area contributed by atoms with Gasteiger partial charge in [-0.3, -0.25) is 4.79 Å². The number of carbonyl (C=O) groups is 1. The smallest absolute Gasteiger partial charge is 0.274 e. The molecule has 0 bridgehead atoms. The van der Waals surface area contributed by atoms with E-state index in [9.17, 15) is 9.18 Å². The summed E-state index contributed by atoms with van der Waals surface area (Å²) in [6, 6.07) is 8.10. The summed E-state index contributed by atoms with van der Waals surface area (Å²) in [5.41, 5.74) is 1.26. The van der Waals surface area contributed by atoms with Crippen LogP contribution in [0.25, 0.3) is 10.4 Å². The lowest BCUT2D eigenvalue weighted by molar-refractivity contribution is 0.0535. The van der Waals surface area contributed by atoms with Crippen LogP contribution in [-0.4, -0.2) is 44.9 Å². The topological polar surface area (TPSA) is 71.0 Å². The highest BCUT2D eigenvalue weighted by molar-refractivity contribution is 7.15. The number of thiazole rings is 1. The van der Waals surface area contributed by atoms with E-state index in [1.165, 1.54) is 23.5 Å². The van der Waals surface area contributed by atoms with Crippen LogP contribution in [0.4, 0.5) is 10.2 Å². The number of nitrogens with zero attached hydrogens (tertiary/aromatic N) is 4. The lowest BCUT2D eigenvalue weighted by Crippen LogP contribution is -2.51. The van der Waals surface area contributed by atoms with Gasteiger partial charge in [0.1, 0.15) is 23.2 Å². The minimum atomic E-state index is -0.297. The SMILES string of the molecule is Cc1nccc(NC[C@@H]2C(C)CCCN2C(=O)c2nc(C)sc2-c2ccc(F)cc2)n1.[HH]. The molecule has 8 heteroatoms. The Kier molecular flexibility index (Phi) is 6.27. The Balaban J connectivity index is 0.00000289. The number of halogens is 1. The molecular formula is C23H28FN5OS. The maximum absolute atomic E-state index is 13.6. The van der Waals surface area contributed by atoms with Gasteiger partial charge in [-0.05, 0) is 56.4 Å². The molecule has 4 rings (SSSR count). The fourth-order valence-electron chi connectivity index (χ4n) is 4.08. The molecule has 1 aromatic carbocycles. The maximum atomic E-state index is 13.6. The highest BCUT2D eigenvalue weighted by atomic mass is 32.1. The van der Waals surface area contributed by atoms with Crippen molar-refractivity contribution in [3.63, 3.8) is 0 Å². The molecule has 1 N–H and O–H groups in total. The number of benzene rings is 1. The van der Waals surface area contributed by atoms with Crippen LogP contribution in [0, 0.1) is 25.6 Å². The Morgan fingerprint density at radius 3 is 2.77 bits per heavy atom. The number of piperidine rings is 1. The molecule has 1 amide bonds. The van der Waals surface area contributed by atoms with Gasteiger partial charge in [0.05, 0.1) is 15.9 Å². The van der Waals surface area contributed by atoms with E-state index in [4.69, 9.17) is 0 Å². The molecule has 2 aromatic heterocycles. The van der Waals surface area contributed by atoms with E-state index in [1.54, 1.807) is 18.3 Å². The molecule has 164 valence electrons. The van der Waals surface area contributed by atoms with Crippen molar-refractivity contribution < 1.29 is 10.6 Å². The molecule has 1 fully saturated rings. The van der Waals surface area contributed by atoms with Crippen molar-refractivity contribution >= 4 is 23.1 Å². The first-order chi connectivity index (χ1) is 14.9. The van der Waals surface area contributed by atoms with Gasteiger partial charge in [0, 0.05) is 20.7 Å². The summed E-state index contributed by atoms with van der Waals surface area (Å²) < 4.78 is 13.4. The molecule has 0 spiro atoms. The first-order valence-corrected chi connectivity index (χ1v) is 11.3. The van der Waals surface area contributed by atoms with Crippen LogP contribution in [0.3, 0.4) is 0 Å². The zero-order chi connectivity index (χ0) is 22.0. The number of amides is 1. The average molecular weight is 442 g/mol. The minimum Gasteiger partial charge on any atom is -0.368 e. The molecule has 2 atom stereocenters. The summed E-state index contributed by atoms with van der Waals surface area (Å²) in [5.74, 6) is 1.45. The molecule has 3 heterocycles. The van der Waals surface area contributed by atoms with Crippen LogP contribution in [0.15, 0.2) is 36.5 Å². The molecule has 1 aliphatic heterocycles. The Bertz CT molecular complexity index is 1070. The van der Waals surface area contributed by atoms with E-state index < -0.39 is 0 Å². The second-order valence-corrected chi connectivity index (χ2v) is 9.18. The normalized spacial score (nSPS) is 18.8. The quantitative estimate of drug-likeness (QED) is 0.606. The van der Waals surface area contributed by atoms with E-state index in [1.807, 2.05) is 24.8 Å². The van der Waals surface area contributed by atoms with Crippen molar-refractivity contribution in [2.24, 2.45) is 5.92 Å². The van der Waals surface area contributed by atoms with Crippen LogP contribution < -0.4 is 5.32 Å². The zero-order valence-corrected chi connectivity index (χ0v) is 18.7. The number of anilines is 1. The van der Waals surface area contributed by atoms with Crippen LogP contribution in [0.5, 0.6) is 0 Å². The fourth-order valence-corrected chi connectivity index (χ4v) is 5.00. The molecule has 6 nitrogen and oxygen atoms in total. The number of hydrogen-bond donors (Lipinski definition) is 1. The summed E-state index contributed by atoms with van der Waals surface area (Å²) in [6.45, 7) is 7.23. The molecule has 0 saturated carbocycles. The van der Waals surface area contributed by atoms with Crippen LogP contribution in [-0.2, 0) is 0 Å². The Morgan fingerprint density at radius 2 is 2.03 bits per heavy atom. The number of rotatable bonds is 5. The number of hydrogen-bond acceptors (Lipinski definition) is 6. The molecule has 1 saturated heterocycles. The zero-order valence-electron chi connectivity index (χ0n) is 17.9.